The van der Waals surface area contributed by atoms with Crippen LogP contribution < -0.4 is 10.6 Å². The van der Waals surface area contributed by atoms with Gasteiger partial charge in [0.25, 0.3) is 0 Å². The van der Waals surface area contributed by atoms with Crippen molar-refractivity contribution < 1.29 is 14.3 Å². The summed E-state index contributed by atoms with van der Waals surface area (Å²) in [7, 11) is 0. The summed E-state index contributed by atoms with van der Waals surface area (Å²) < 4.78 is 7.08. The maximum Gasteiger partial charge on any atom is 0.338 e. The topological polar surface area (TPSA) is 114 Å². The lowest BCUT2D eigenvalue weighted by Crippen LogP contribution is -2.40. The number of halogens is 1. The van der Waals surface area contributed by atoms with Gasteiger partial charge >= 0.3 is 5.97 Å². The Hall–Kier alpha value is -4.54. The molecule has 0 bridgehead atoms. The summed E-state index contributed by atoms with van der Waals surface area (Å²) in [4.78, 5) is 28.3. The molecule has 1 amide bonds. The lowest BCUT2D eigenvalue weighted by molar-refractivity contribution is -0.117. The molecule has 3 aromatic carbocycles. The molecular formula is C37H46ClN7O3. The van der Waals surface area contributed by atoms with E-state index in [1.807, 2.05) is 42.5 Å². The third-order valence-electron chi connectivity index (χ3n) is 7.85. The van der Waals surface area contributed by atoms with Gasteiger partial charge in [0.2, 0.25) is 5.91 Å². The molecule has 4 rings (SSSR count). The summed E-state index contributed by atoms with van der Waals surface area (Å²) in [6, 6.07) is 22.3. The van der Waals surface area contributed by atoms with Crippen LogP contribution in [-0.4, -0.2) is 75.8 Å². The van der Waals surface area contributed by atoms with Crippen molar-refractivity contribution >= 4 is 35.2 Å². The van der Waals surface area contributed by atoms with Crippen LogP contribution in [0.1, 0.15) is 67.4 Å². The van der Waals surface area contributed by atoms with E-state index in [-0.39, 0.29) is 17.9 Å². The summed E-state index contributed by atoms with van der Waals surface area (Å²) in [5.41, 5.74) is 3.83. The summed E-state index contributed by atoms with van der Waals surface area (Å²) in [6.45, 7) is 8.42. The van der Waals surface area contributed by atoms with Gasteiger partial charge in [0.05, 0.1) is 23.9 Å². The Morgan fingerprint density at radius 3 is 2.38 bits per heavy atom. The molecule has 11 heteroatoms. The summed E-state index contributed by atoms with van der Waals surface area (Å²) in [6.07, 6.45) is 10.8. The first-order valence-electron chi connectivity index (χ1n) is 16.7. The number of esters is 1. The second kappa shape index (κ2) is 20.0. The van der Waals surface area contributed by atoms with Gasteiger partial charge < -0.3 is 20.3 Å². The Kier molecular flexibility index (Phi) is 15.1. The predicted molar refractivity (Wildman–Crippen MR) is 191 cm³/mol. The summed E-state index contributed by atoms with van der Waals surface area (Å²) >= 11 is 6.23. The van der Waals surface area contributed by atoms with Crippen molar-refractivity contribution in [3.05, 3.63) is 107 Å². The van der Waals surface area contributed by atoms with Gasteiger partial charge in [-0.25, -0.2) is 4.79 Å². The Balaban J connectivity index is 1.31. The molecule has 48 heavy (non-hydrogen) atoms. The quantitative estimate of drug-likeness (QED) is 0.0613. The molecule has 0 aliphatic carbocycles. The number of carbonyl (C=O) groups excluding carboxylic acids is 2. The molecule has 0 saturated carbocycles. The SMILES string of the molecule is CCCCN(CCCC)CCCOC(=O)c1ccc(NCC(Cc2ccccc2)NC(=O)C=Cc2cc(Cl)ccc2-n2cnnn2)cc1. The zero-order valence-corrected chi connectivity index (χ0v) is 28.6. The molecule has 0 radical (unpaired) electrons. The Morgan fingerprint density at radius 2 is 1.69 bits per heavy atom. The number of hydrogen-bond acceptors (Lipinski definition) is 8. The zero-order valence-electron chi connectivity index (χ0n) is 27.9. The van der Waals surface area contributed by atoms with E-state index in [9.17, 15) is 9.59 Å². The normalized spacial score (nSPS) is 11.9. The molecule has 0 aliphatic heterocycles. The van der Waals surface area contributed by atoms with Crippen LogP contribution >= 0.6 is 11.6 Å². The molecule has 1 heterocycles. The van der Waals surface area contributed by atoms with E-state index < -0.39 is 0 Å². The third-order valence-corrected chi connectivity index (χ3v) is 8.09. The van der Waals surface area contributed by atoms with E-state index >= 15 is 0 Å². The van der Waals surface area contributed by atoms with Crippen molar-refractivity contribution in [1.29, 1.82) is 0 Å². The maximum absolute atomic E-state index is 13.1. The average molecular weight is 672 g/mol. The number of tetrazole rings is 1. The minimum Gasteiger partial charge on any atom is -0.462 e. The fourth-order valence-corrected chi connectivity index (χ4v) is 5.41. The van der Waals surface area contributed by atoms with Crippen LogP contribution in [0, 0.1) is 0 Å². The van der Waals surface area contributed by atoms with Crippen molar-refractivity contribution in [1.82, 2.24) is 30.4 Å². The number of anilines is 1. The highest BCUT2D eigenvalue weighted by atomic mass is 35.5. The highest BCUT2D eigenvalue weighted by Gasteiger charge is 2.14. The van der Waals surface area contributed by atoms with Crippen LogP contribution in [0.25, 0.3) is 11.8 Å². The van der Waals surface area contributed by atoms with Crippen LogP contribution in [-0.2, 0) is 16.0 Å². The zero-order chi connectivity index (χ0) is 34.0. The number of nitrogens with zero attached hydrogens (tertiary/aromatic N) is 5. The van der Waals surface area contributed by atoms with Crippen molar-refractivity contribution in [2.75, 3.05) is 38.1 Å². The van der Waals surface area contributed by atoms with Crippen LogP contribution in [0.5, 0.6) is 0 Å². The van der Waals surface area contributed by atoms with E-state index in [1.165, 1.54) is 42.8 Å². The number of carbonyl (C=O) groups is 2. The number of ether oxygens (including phenoxy) is 1. The van der Waals surface area contributed by atoms with Crippen molar-refractivity contribution in [2.45, 2.75) is 58.4 Å². The highest BCUT2D eigenvalue weighted by molar-refractivity contribution is 6.30. The summed E-state index contributed by atoms with van der Waals surface area (Å²) in [5.74, 6) is -0.573. The lowest BCUT2D eigenvalue weighted by Gasteiger charge is -2.21. The fourth-order valence-electron chi connectivity index (χ4n) is 5.23. The molecule has 0 fully saturated rings. The number of aromatic nitrogens is 4. The van der Waals surface area contributed by atoms with Gasteiger partial charge in [-0.05, 0) is 103 Å². The van der Waals surface area contributed by atoms with Gasteiger partial charge in [-0.3, -0.25) is 4.79 Å². The second-order valence-corrected chi connectivity index (χ2v) is 12.1. The van der Waals surface area contributed by atoms with Crippen LogP contribution in [0.15, 0.2) is 85.2 Å². The first kappa shape index (κ1) is 36.3. The van der Waals surface area contributed by atoms with Crippen molar-refractivity contribution in [2.24, 2.45) is 0 Å². The van der Waals surface area contributed by atoms with Gasteiger partial charge in [0.15, 0.2) is 0 Å². The number of benzene rings is 3. The highest BCUT2D eigenvalue weighted by Crippen LogP contribution is 2.20. The summed E-state index contributed by atoms with van der Waals surface area (Å²) in [5, 5.41) is 18.4. The number of hydrogen-bond donors (Lipinski definition) is 2. The molecule has 10 nitrogen and oxygen atoms in total. The molecule has 0 spiro atoms. The Bertz CT molecular complexity index is 1560. The van der Waals surface area contributed by atoms with Crippen molar-refractivity contribution in [3.8, 4) is 5.69 Å². The fraction of sp³-hybridized carbons (Fsp3) is 0.378. The minimum absolute atomic E-state index is 0.221. The van der Waals surface area contributed by atoms with Gasteiger partial charge in [-0.15, -0.1) is 5.10 Å². The molecule has 2 N–H and O–H groups in total. The lowest BCUT2D eigenvalue weighted by atomic mass is 10.1. The average Bonchev–Trinajstić information content (AvgIpc) is 3.64. The molecule has 0 saturated heterocycles. The molecule has 254 valence electrons. The largest absolute Gasteiger partial charge is 0.462 e. The standard InChI is InChI=1S/C37H46ClN7O3/c1-3-5-21-44(22-6-4-2)23-10-24-48-37(47)30-13-17-33(18-14-30)39-27-34(25-29-11-8-7-9-12-29)41-36(46)20-15-31-26-32(38)16-19-35(31)45-28-40-42-43-45/h7-9,11-20,26,28,34,39H,3-6,10,21-25,27H2,1-2H3,(H,41,46). The number of rotatable bonds is 20. The number of unbranched alkanes of at least 4 members (excludes halogenated alkanes) is 2. The monoisotopic (exact) mass is 671 g/mol. The minimum atomic E-state index is -0.320. The molecule has 1 atom stereocenters. The molecule has 0 aliphatic rings. The second-order valence-electron chi connectivity index (χ2n) is 11.7. The number of nitrogens with one attached hydrogen (secondary N) is 2. The molecular weight excluding hydrogens is 626 g/mol. The van der Waals surface area contributed by atoms with Crippen LogP contribution in [0.4, 0.5) is 5.69 Å². The first-order chi connectivity index (χ1) is 23.4. The van der Waals surface area contributed by atoms with Gasteiger partial charge in [0, 0.05) is 35.4 Å². The maximum atomic E-state index is 13.1. The van der Waals surface area contributed by atoms with Gasteiger partial charge in [-0.1, -0.05) is 68.6 Å². The molecule has 1 aromatic heterocycles. The van der Waals surface area contributed by atoms with Gasteiger partial charge in [0.1, 0.15) is 6.33 Å². The Labute approximate surface area is 288 Å². The number of amides is 1. The smallest absolute Gasteiger partial charge is 0.338 e. The van der Waals surface area contributed by atoms with Crippen LogP contribution in [0.2, 0.25) is 5.02 Å². The van der Waals surface area contributed by atoms with Crippen molar-refractivity contribution in [3.63, 3.8) is 0 Å². The Morgan fingerprint density at radius 1 is 0.958 bits per heavy atom. The third kappa shape index (κ3) is 12.2. The van der Waals surface area contributed by atoms with E-state index in [0.29, 0.717) is 41.4 Å². The van der Waals surface area contributed by atoms with Gasteiger partial charge in [-0.2, -0.15) is 4.68 Å². The van der Waals surface area contributed by atoms with Crippen LogP contribution in [0.3, 0.4) is 0 Å². The van der Waals surface area contributed by atoms with E-state index in [0.717, 1.165) is 37.3 Å². The predicted octanol–water partition coefficient (Wildman–Crippen LogP) is 6.62. The first-order valence-corrected chi connectivity index (χ1v) is 17.1. The van der Waals surface area contributed by atoms with E-state index in [2.05, 4.69) is 44.9 Å². The molecule has 1 unspecified atom stereocenters. The molecule has 4 aromatic rings. The van der Waals surface area contributed by atoms with E-state index in [1.54, 1.807) is 36.4 Å². The van der Waals surface area contributed by atoms with E-state index in [4.69, 9.17) is 16.3 Å².